The van der Waals surface area contributed by atoms with Crippen LogP contribution in [0.25, 0.3) is 0 Å². The van der Waals surface area contributed by atoms with Gasteiger partial charge < -0.3 is 15.7 Å². The number of piperidine rings is 1. The fourth-order valence-electron chi connectivity index (χ4n) is 2.37. The highest BCUT2D eigenvalue weighted by molar-refractivity contribution is 5.77. The highest BCUT2D eigenvalue weighted by atomic mass is 16.4. The molecule has 1 fully saturated rings. The van der Waals surface area contributed by atoms with Gasteiger partial charge in [-0.3, -0.25) is 14.5 Å². The van der Waals surface area contributed by atoms with E-state index < -0.39 is 5.97 Å². The van der Waals surface area contributed by atoms with Gasteiger partial charge >= 0.3 is 5.97 Å². The number of amides is 1. The monoisotopic (exact) mass is 271 g/mol. The summed E-state index contributed by atoms with van der Waals surface area (Å²) in [4.78, 5) is 23.9. The van der Waals surface area contributed by atoms with Gasteiger partial charge in [-0.15, -0.1) is 0 Å². The van der Waals surface area contributed by atoms with Crippen LogP contribution >= 0.6 is 0 Å². The molecule has 0 aromatic heterocycles. The fourth-order valence-corrected chi connectivity index (χ4v) is 2.37. The van der Waals surface area contributed by atoms with E-state index in [1.54, 1.807) is 7.05 Å². The molecule has 0 aliphatic carbocycles. The maximum absolute atomic E-state index is 11.3. The molecule has 1 rings (SSSR count). The zero-order valence-electron chi connectivity index (χ0n) is 11.8. The predicted octanol–water partition coefficient (Wildman–Crippen LogP) is 0.0397. The van der Waals surface area contributed by atoms with Crippen LogP contribution in [-0.2, 0) is 9.59 Å². The van der Waals surface area contributed by atoms with Crippen molar-refractivity contribution in [2.24, 2.45) is 0 Å². The van der Waals surface area contributed by atoms with Gasteiger partial charge in [0.05, 0.1) is 6.54 Å². The van der Waals surface area contributed by atoms with Gasteiger partial charge in [-0.05, 0) is 26.2 Å². The Morgan fingerprint density at radius 1 is 1.37 bits per heavy atom. The second-order valence-electron chi connectivity index (χ2n) is 5.22. The van der Waals surface area contributed by atoms with E-state index in [0.29, 0.717) is 19.0 Å². The van der Waals surface area contributed by atoms with Gasteiger partial charge in [0.1, 0.15) is 0 Å². The minimum atomic E-state index is -0.742. The zero-order valence-corrected chi connectivity index (χ0v) is 11.8. The van der Waals surface area contributed by atoms with Gasteiger partial charge in [-0.25, -0.2) is 0 Å². The second-order valence-corrected chi connectivity index (χ2v) is 5.22. The number of hydrogen-bond acceptors (Lipinski definition) is 4. The zero-order chi connectivity index (χ0) is 14.3. The molecule has 0 saturated carbocycles. The number of nitrogens with zero attached hydrogens (tertiary/aromatic N) is 1. The number of rotatable bonds is 7. The van der Waals surface area contributed by atoms with Crippen LogP contribution in [0.4, 0.5) is 0 Å². The molecule has 1 aliphatic heterocycles. The Hall–Kier alpha value is -1.14. The summed E-state index contributed by atoms with van der Waals surface area (Å²) in [7, 11) is 1.65. The van der Waals surface area contributed by atoms with Gasteiger partial charge in [0.2, 0.25) is 5.91 Å². The number of carboxylic acids is 1. The molecule has 0 aromatic carbocycles. The van der Waals surface area contributed by atoms with Crippen molar-refractivity contribution in [3.05, 3.63) is 0 Å². The van der Waals surface area contributed by atoms with E-state index in [4.69, 9.17) is 5.11 Å². The van der Waals surface area contributed by atoms with Gasteiger partial charge in [-0.1, -0.05) is 0 Å². The number of carbonyl (C=O) groups is 2. The first-order valence-electron chi connectivity index (χ1n) is 6.92. The van der Waals surface area contributed by atoms with Crippen molar-refractivity contribution in [2.75, 3.05) is 26.7 Å². The highest BCUT2D eigenvalue weighted by Gasteiger charge is 2.21. The fraction of sp³-hybridized carbons (Fsp3) is 0.846. The van der Waals surface area contributed by atoms with Crippen molar-refractivity contribution < 1.29 is 14.7 Å². The standard InChI is InChI=1S/C13H25N3O3/c1-10(3-4-13(18)19)15-11-5-7-16(8-6-11)9-12(17)14-2/h10-11,15H,3-9H2,1-2H3,(H,14,17)(H,18,19). The summed E-state index contributed by atoms with van der Waals surface area (Å²) in [5, 5.41) is 14.7. The molecule has 3 N–H and O–H groups in total. The lowest BCUT2D eigenvalue weighted by molar-refractivity contribution is -0.137. The lowest BCUT2D eigenvalue weighted by atomic mass is 10.0. The molecule has 1 unspecified atom stereocenters. The first-order valence-corrected chi connectivity index (χ1v) is 6.92. The Kier molecular flexibility index (Phi) is 6.80. The SMILES string of the molecule is CNC(=O)CN1CCC(NC(C)CCC(=O)O)CC1. The van der Waals surface area contributed by atoms with E-state index in [0.717, 1.165) is 25.9 Å². The van der Waals surface area contributed by atoms with E-state index in [2.05, 4.69) is 15.5 Å². The molecular formula is C13H25N3O3. The quantitative estimate of drug-likeness (QED) is 0.609. The Labute approximate surface area is 114 Å². The lowest BCUT2D eigenvalue weighted by Crippen LogP contribution is -2.47. The Morgan fingerprint density at radius 2 is 2.00 bits per heavy atom. The summed E-state index contributed by atoms with van der Waals surface area (Å²) in [6.45, 7) is 4.32. The second kappa shape index (κ2) is 8.12. The molecule has 0 spiro atoms. The van der Waals surface area contributed by atoms with E-state index in [1.165, 1.54) is 0 Å². The molecule has 6 nitrogen and oxygen atoms in total. The van der Waals surface area contributed by atoms with Crippen LogP contribution in [0.5, 0.6) is 0 Å². The Bertz CT molecular complexity index is 302. The number of carbonyl (C=O) groups excluding carboxylic acids is 1. The van der Waals surface area contributed by atoms with Crippen molar-refractivity contribution in [3.8, 4) is 0 Å². The molecule has 0 bridgehead atoms. The molecule has 1 amide bonds. The van der Waals surface area contributed by atoms with Crippen LogP contribution in [0.15, 0.2) is 0 Å². The van der Waals surface area contributed by atoms with Crippen LogP contribution in [0.3, 0.4) is 0 Å². The number of aliphatic carboxylic acids is 1. The molecule has 0 radical (unpaired) electrons. The predicted molar refractivity (Wildman–Crippen MR) is 73.0 cm³/mol. The Balaban J connectivity index is 2.19. The van der Waals surface area contributed by atoms with Crippen molar-refractivity contribution in [1.82, 2.24) is 15.5 Å². The van der Waals surface area contributed by atoms with Crippen LogP contribution in [0.1, 0.15) is 32.6 Å². The molecule has 1 aliphatic rings. The minimum absolute atomic E-state index is 0.0567. The van der Waals surface area contributed by atoms with Gasteiger partial charge in [-0.2, -0.15) is 0 Å². The van der Waals surface area contributed by atoms with Crippen LogP contribution < -0.4 is 10.6 Å². The Morgan fingerprint density at radius 3 is 2.53 bits per heavy atom. The first-order chi connectivity index (χ1) is 9.01. The molecule has 1 heterocycles. The maximum atomic E-state index is 11.3. The topological polar surface area (TPSA) is 81.7 Å². The summed E-state index contributed by atoms with van der Waals surface area (Å²) in [6, 6.07) is 0.663. The van der Waals surface area contributed by atoms with Crippen molar-refractivity contribution in [3.63, 3.8) is 0 Å². The molecule has 110 valence electrons. The lowest BCUT2D eigenvalue weighted by Gasteiger charge is -2.33. The molecule has 1 saturated heterocycles. The van der Waals surface area contributed by atoms with E-state index in [9.17, 15) is 9.59 Å². The molecule has 19 heavy (non-hydrogen) atoms. The third-order valence-corrected chi connectivity index (χ3v) is 3.55. The van der Waals surface area contributed by atoms with E-state index in [1.807, 2.05) is 6.92 Å². The first kappa shape index (κ1) is 15.9. The van der Waals surface area contributed by atoms with Crippen LogP contribution in [-0.4, -0.2) is 60.6 Å². The third kappa shape index (κ3) is 6.54. The number of likely N-dealkylation sites (tertiary alicyclic amines) is 1. The van der Waals surface area contributed by atoms with Gasteiger partial charge in [0, 0.05) is 38.6 Å². The normalized spacial score (nSPS) is 19.1. The summed E-state index contributed by atoms with van der Waals surface area (Å²) < 4.78 is 0. The van der Waals surface area contributed by atoms with Gasteiger partial charge in [0.25, 0.3) is 0 Å². The summed E-state index contributed by atoms with van der Waals surface area (Å²) in [5.74, 6) is -0.685. The van der Waals surface area contributed by atoms with Gasteiger partial charge in [0.15, 0.2) is 0 Å². The molecule has 0 aromatic rings. The summed E-state index contributed by atoms with van der Waals surface area (Å²) >= 11 is 0. The minimum Gasteiger partial charge on any atom is -0.481 e. The number of likely N-dealkylation sites (N-methyl/N-ethyl adjacent to an activating group) is 1. The molecular weight excluding hydrogens is 246 g/mol. The maximum Gasteiger partial charge on any atom is 0.303 e. The average molecular weight is 271 g/mol. The van der Waals surface area contributed by atoms with Crippen LogP contribution in [0.2, 0.25) is 0 Å². The van der Waals surface area contributed by atoms with Crippen molar-refractivity contribution in [2.45, 2.75) is 44.7 Å². The highest BCUT2D eigenvalue weighted by Crippen LogP contribution is 2.11. The smallest absolute Gasteiger partial charge is 0.303 e. The van der Waals surface area contributed by atoms with Crippen molar-refractivity contribution >= 4 is 11.9 Å². The third-order valence-electron chi connectivity index (χ3n) is 3.55. The molecule has 6 heteroatoms. The number of carboxylic acid groups (broad SMARTS) is 1. The van der Waals surface area contributed by atoms with E-state index in [-0.39, 0.29) is 18.4 Å². The van der Waals surface area contributed by atoms with E-state index >= 15 is 0 Å². The summed E-state index contributed by atoms with van der Waals surface area (Å²) in [5.41, 5.74) is 0. The average Bonchev–Trinajstić information content (AvgIpc) is 2.38. The number of nitrogens with one attached hydrogen (secondary N) is 2. The largest absolute Gasteiger partial charge is 0.481 e. The molecule has 1 atom stereocenters. The summed E-state index contributed by atoms with van der Waals surface area (Å²) in [6.07, 6.45) is 2.89. The van der Waals surface area contributed by atoms with Crippen LogP contribution in [0, 0.1) is 0 Å². The number of hydrogen-bond donors (Lipinski definition) is 3. The van der Waals surface area contributed by atoms with Crippen molar-refractivity contribution in [1.29, 1.82) is 0 Å².